The molecule has 0 saturated carbocycles. The van der Waals surface area contributed by atoms with Crippen LogP contribution < -0.4 is 4.57 Å². The molecule has 0 spiro atoms. The Morgan fingerprint density at radius 1 is 1.36 bits per heavy atom. The Morgan fingerprint density at radius 2 is 2.05 bits per heavy atom. The minimum absolute atomic E-state index is 0.210. The first-order valence-corrected chi connectivity index (χ1v) is 8.02. The van der Waals surface area contributed by atoms with Crippen LogP contribution in [-0.2, 0) is 29.7 Å². The predicted molar refractivity (Wildman–Crippen MR) is 86.5 cm³/mol. The van der Waals surface area contributed by atoms with E-state index in [-0.39, 0.29) is 11.7 Å². The van der Waals surface area contributed by atoms with Crippen molar-refractivity contribution in [3.05, 3.63) is 12.2 Å². The highest BCUT2D eigenvalue weighted by molar-refractivity contribution is 4.73. The lowest BCUT2D eigenvalue weighted by Gasteiger charge is -2.23. The van der Waals surface area contributed by atoms with Gasteiger partial charge in [-0.2, -0.15) is 0 Å². The second-order valence-corrected chi connectivity index (χ2v) is 6.96. The van der Waals surface area contributed by atoms with Crippen LogP contribution >= 0.6 is 0 Å². The molecule has 0 radical (unpaired) electrons. The number of ether oxygens (including phenoxy) is 2. The Labute approximate surface area is 135 Å². The lowest BCUT2D eigenvalue weighted by Crippen LogP contribution is -2.33. The molecule has 0 bridgehead atoms. The molecular weight excluding hydrogens is 280 g/mol. The van der Waals surface area contributed by atoms with Crippen molar-refractivity contribution in [2.45, 2.75) is 59.0 Å². The Kier molecular flexibility index (Phi) is 7.45. The zero-order valence-electron chi connectivity index (χ0n) is 15.3. The molecule has 1 aromatic heterocycles. The predicted octanol–water partition coefficient (Wildman–Crippen LogP) is 1.38. The zero-order valence-corrected chi connectivity index (χ0v) is 15.3. The highest BCUT2D eigenvalue weighted by Crippen LogP contribution is 2.12. The van der Waals surface area contributed by atoms with Crippen LogP contribution in [0, 0.1) is 0 Å². The van der Waals surface area contributed by atoms with Crippen LogP contribution in [0.4, 0.5) is 0 Å². The zero-order chi connectivity index (χ0) is 16.8. The summed E-state index contributed by atoms with van der Waals surface area (Å²) in [6, 6.07) is 0. The molecule has 6 heteroatoms. The van der Waals surface area contributed by atoms with E-state index < -0.39 is 0 Å². The molecule has 0 unspecified atom stereocenters. The fourth-order valence-electron chi connectivity index (χ4n) is 2.12. The summed E-state index contributed by atoms with van der Waals surface area (Å²) >= 11 is 0. The molecule has 0 aliphatic rings. The lowest BCUT2D eigenvalue weighted by molar-refractivity contribution is -0.682. The largest absolute Gasteiger partial charge is 0.372 e. The van der Waals surface area contributed by atoms with E-state index in [1.807, 2.05) is 36.5 Å². The van der Waals surface area contributed by atoms with Gasteiger partial charge in [0.05, 0.1) is 18.8 Å². The Morgan fingerprint density at radius 3 is 2.64 bits per heavy atom. The standard InChI is InChI=1S/C16H33N4O2/c1-14(2)21-11-15-17-20(13-19(15)7)12-16(3,4)22-10-8-9-18(5)6/h13-14H,8-12H2,1-7H3/q+1. The SMILES string of the molecule is CC(C)OCc1nn(CC(C)(C)OCCCN(C)C)c[n+]1C. The maximum atomic E-state index is 6.00. The van der Waals surface area contributed by atoms with Crippen molar-refractivity contribution in [2.75, 3.05) is 27.2 Å². The quantitative estimate of drug-likeness (QED) is 0.483. The van der Waals surface area contributed by atoms with Crippen molar-refractivity contribution in [3.63, 3.8) is 0 Å². The van der Waals surface area contributed by atoms with Gasteiger partial charge in [0.15, 0.2) is 0 Å². The van der Waals surface area contributed by atoms with Gasteiger partial charge in [-0.25, -0.2) is 4.57 Å². The van der Waals surface area contributed by atoms with Gasteiger partial charge in [-0.3, -0.25) is 0 Å². The van der Waals surface area contributed by atoms with Gasteiger partial charge in [0, 0.05) is 11.7 Å². The van der Waals surface area contributed by atoms with E-state index >= 15 is 0 Å². The lowest BCUT2D eigenvalue weighted by atomic mass is 10.1. The second kappa shape index (κ2) is 8.60. The van der Waals surface area contributed by atoms with Crippen molar-refractivity contribution in [2.24, 2.45) is 7.05 Å². The van der Waals surface area contributed by atoms with Crippen molar-refractivity contribution < 1.29 is 14.0 Å². The Hall–Kier alpha value is -0.980. The first-order chi connectivity index (χ1) is 10.2. The van der Waals surface area contributed by atoms with Gasteiger partial charge in [0.1, 0.15) is 13.2 Å². The van der Waals surface area contributed by atoms with Gasteiger partial charge >= 0.3 is 5.82 Å². The second-order valence-electron chi connectivity index (χ2n) is 6.96. The number of aryl methyl sites for hydroxylation is 1. The molecule has 1 rings (SSSR count). The highest BCUT2D eigenvalue weighted by Gasteiger charge is 2.25. The van der Waals surface area contributed by atoms with Crippen LogP contribution in [0.1, 0.15) is 39.9 Å². The maximum absolute atomic E-state index is 6.00. The van der Waals surface area contributed by atoms with E-state index in [0.717, 1.165) is 31.9 Å². The van der Waals surface area contributed by atoms with Gasteiger partial charge in [0.25, 0.3) is 0 Å². The van der Waals surface area contributed by atoms with Gasteiger partial charge in [-0.05, 0) is 54.8 Å². The molecule has 1 aromatic rings. The smallest absolute Gasteiger partial charge is 0.303 e. The molecule has 0 aliphatic carbocycles. The van der Waals surface area contributed by atoms with Gasteiger partial charge in [-0.15, -0.1) is 4.68 Å². The summed E-state index contributed by atoms with van der Waals surface area (Å²) in [5, 5.41) is 4.59. The van der Waals surface area contributed by atoms with Crippen molar-refractivity contribution in [3.8, 4) is 0 Å². The van der Waals surface area contributed by atoms with Crippen LogP contribution in [-0.4, -0.2) is 53.6 Å². The summed E-state index contributed by atoms with van der Waals surface area (Å²) in [4.78, 5) is 2.17. The molecule has 0 fully saturated rings. The Bertz CT molecular complexity index is 441. The fourth-order valence-corrected chi connectivity index (χ4v) is 2.12. The third kappa shape index (κ3) is 7.33. The maximum Gasteiger partial charge on any atom is 0.303 e. The first kappa shape index (κ1) is 19.1. The minimum atomic E-state index is -0.235. The van der Waals surface area contributed by atoms with Crippen LogP contribution in [0.5, 0.6) is 0 Å². The van der Waals surface area contributed by atoms with E-state index in [9.17, 15) is 0 Å². The molecule has 0 amide bonds. The fraction of sp³-hybridized carbons (Fsp3) is 0.875. The number of hydrogen-bond acceptors (Lipinski definition) is 4. The molecular formula is C16H33N4O2+. The molecule has 6 nitrogen and oxygen atoms in total. The van der Waals surface area contributed by atoms with E-state index in [2.05, 4.69) is 37.9 Å². The number of aromatic nitrogens is 3. The molecule has 0 atom stereocenters. The van der Waals surface area contributed by atoms with Crippen molar-refractivity contribution >= 4 is 0 Å². The van der Waals surface area contributed by atoms with Gasteiger partial charge < -0.3 is 14.4 Å². The van der Waals surface area contributed by atoms with Crippen molar-refractivity contribution in [1.29, 1.82) is 0 Å². The highest BCUT2D eigenvalue weighted by atomic mass is 16.5. The van der Waals surface area contributed by atoms with Crippen LogP contribution in [0.3, 0.4) is 0 Å². The monoisotopic (exact) mass is 313 g/mol. The van der Waals surface area contributed by atoms with E-state index in [1.54, 1.807) is 0 Å². The number of nitrogens with zero attached hydrogens (tertiary/aromatic N) is 4. The molecule has 0 aromatic carbocycles. The van der Waals surface area contributed by atoms with E-state index in [1.165, 1.54) is 0 Å². The summed E-state index contributed by atoms with van der Waals surface area (Å²) in [7, 11) is 6.15. The molecule has 0 saturated heterocycles. The number of hydrogen-bond donors (Lipinski definition) is 0. The summed E-state index contributed by atoms with van der Waals surface area (Å²) in [6.07, 6.45) is 3.24. The summed E-state index contributed by atoms with van der Waals surface area (Å²) in [5.41, 5.74) is -0.235. The summed E-state index contributed by atoms with van der Waals surface area (Å²) in [5.74, 6) is 0.928. The average Bonchev–Trinajstić information content (AvgIpc) is 2.71. The van der Waals surface area contributed by atoms with Gasteiger partial charge in [0.2, 0.25) is 6.33 Å². The molecule has 0 aliphatic heterocycles. The number of rotatable bonds is 10. The third-order valence-corrected chi connectivity index (χ3v) is 3.29. The average molecular weight is 313 g/mol. The van der Waals surface area contributed by atoms with Gasteiger partial charge in [-0.1, -0.05) is 0 Å². The van der Waals surface area contributed by atoms with Crippen LogP contribution in [0.15, 0.2) is 6.33 Å². The molecule has 1 heterocycles. The Balaban J connectivity index is 2.48. The van der Waals surface area contributed by atoms with Crippen LogP contribution in [0.25, 0.3) is 0 Å². The first-order valence-electron chi connectivity index (χ1n) is 8.02. The van der Waals surface area contributed by atoms with E-state index in [0.29, 0.717) is 6.61 Å². The third-order valence-electron chi connectivity index (χ3n) is 3.29. The van der Waals surface area contributed by atoms with Crippen molar-refractivity contribution in [1.82, 2.24) is 14.7 Å². The summed E-state index contributed by atoms with van der Waals surface area (Å²) < 4.78 is 15.6. The van der Waals surface area contributed by atoms with E-state index in [4.69, 9.17) is 9.47 Å². The minimum Gasteiger partial charge on any atom is -0.372 e. The normalized spacial score (nSPS) is 12.6. The van der Waals surface area contributed by atoms with Crippen LogP contribution in [0.2, 0.25) is 0 Å². The molecule has 128 valence electrons. The summed E-state index contributed by atoms with van der Waals surface area (Å²) in [6.45, 7) is 11.3. The topological polar surface area (TPSA) is 43.4 Å². The molecule has 0 N–H and O–H groups in total. The molecule has 22 heavy (non-hydrogen) atoms.